The molecule has 0 fully saturated rings. The van der Waals surface area contributed by atoms with Crippen LogP contribution in [-0.4, -0.2) is 15.0 Å². The SMILES string of the molecule is O=c1[nH]cccc1CNc1nc2ccccc2[nH]1. The second kappa shape index (κ2) is 4.37. The summed E-state index contributed by atoms with van der Waals surface area (Å²) in [4.78, 5) is 21.7. The molecule has 0 unspecified atom stereocenters. The Labute approximate surface area is 103 Å². The number of H-pyrrole nitrogens is 2. The van der Waals surface area contributed by atoms with Crippen molar-refractivity contribution in [2.75, 3.05) is 5.32 Å². The van der Waals surface area contributed by atoms with Gasteiger partial charge in [0.15, 0.2) is 0 Å². The summed E-state index contributed by atoms with van der Waals surface area (Å²) in [6.07, 6.45) is 1.62. The van der Waals surface area contributed by atoms with Crippen molar-refractivity contribution in [3.05, 3.63) is 58.5 Å². The number of pyridine rings is 1. The number of rotatable bonds is 3. The number of imidazole rings is 1. The van der Waals surface area contributed by atoms with E-state index in [-0.39, 0.29) is 5.56 Å². The van der Waals surface area contributed by atoms with E-state index in [1.807, 2.05) is 24.3 Å². The lowest BCUT2D eigenvalue weighted by molar-refractivity contribution is 1.04. The first kappa shape index (κ1) is 10.6. The molecule has 0 bridgehead atoms. The van der Waals surface area contributed by atoms with Crippen LogP contribution in [0.1, 0.15) is 5.56 Å². The van der Waals surface area contributed by atoms with Gasteiger partial charge in [0, 0.05) is 18.3 Å². The molecule has 0 atom stereocenters. The number of benzene rings is 1. The quantitative estimate of drug-likeness (QED) is 0.654. The topological polar surface area (TPSA) is 73.6 Å². The third-order valence-electron chi connectivity index (χ3n) is 2.74. The Balaban J connectivity index is 1.81. The van der Waals surface area contributed by atoms with Gasteiger partial charge in [-0.3, -0.25) is 4.79 Å². The largest absolute Gasteiger partial charge is 0.352 e. The van der Waals surface area contributed by atoms with E-state index in [2.05, 4.69) is 20.3 Å². The van der Waals surface area contributed by atoms with Crippen molar-refractivity contribution >= 4 is 17.0 Å². The maximum atomic E-state index is 11.5. The molecule has 1 aromatic carbocycles. The third kappa shape index (κ3) is 1.98. The molecule has 3 N–H and O–H groups in total. The highest BCUT2D eigenvalue weighted by molar-refractivity contribution is 5.77. The number of aromatic nitrogens is 3. The van der Waals surface area contributed by atoms with Crippen molar-refractivity contribution in [3.63, 3.8) is 0 Å². The normalized spacial score (nSPS) is 10.7. The maximum absolute atomic E-state index is 11.5. The van der Waals surface area contributed by atoms with Crippen LogP contribution in [0.5, 0.6) is 0 Å². The molecule has 0 aliphatic rings. The van der Waals surface area contributed by atoms with Crippen LogP contribution >= 0.6 is 0 Å². The van der Waals surface area contributed by atoms with Crippen molar-refractivity contribution < 1.29 is 0 Å². The summed E-state index contributed by atoms with van der Waals surface area (Å²) in [6.45, 7) is 0.440. The first-order valence-corrected chi connectivity index (χ1v) is 5.68. The molecule has 2 aromatic heterocycles. The van der Waals surface area contributed by atoms with Gasteiger partial charge in [0.05, 0.1) is 11.0 Å². The molecule has 90 valence electrons. The van der Waals surface area contributed by atoms with Crippen molar-refractivity contribution in [1.29, 1.82) is 0 Å². The molecular weight excluding hydrogens is 228 g/mol. The lowest BCUT2D eigenvalue weighted by Crippen LogP contribution is -2.14. The van der Waals surface area contributed by atoms with Gasteiger partial charge in [-0.25, -0.2) is 4.98 Å². The van der Waals surface area contributed by atoms with Crippen LogP contribution in [0.4, 0.5) is 5.95 Å². The highest BCUT2D eigenvalue weighted by Gasteiger charge is 2.02. The highest BCUT2D eigenvalue weighted by atomic mass is 16.1. The Morgan fingerprint density at radius 3 is 2.89 bits per heavy atom. The second-order valence-electron chi connectivity index (χ2n) is 3.98. The fourth-order valence-corrected chi connectivity index (χ4v) is 1.81. The van der Waals surface area contributed by atoms with Crippen LogP contribution in [0, 0.1) is 0 Å². The van der Waals surface area contributed by atoms with Crippen molar-refractivity contribution in [2.24, 2.45) is 0 Å². The van der Waals surface area contributed by atoms with Gasteiger partial charge in [-0.05, 0) is 18.2 Å². The Hall–Kier alpha value is -2.56. The van der Waals surface area contributed by atoms with Gasteiger partial charge in [-0.15, -0.1) is 0 Å². The first-order valence-electron chi connectivity index (χ1n) is 5.68. The number of fused-ring (bicyclic) bond motifs is 1. The molecule has 18 heavy (non-hydrogen) atoms. The van der Waals surface area contributed by atoms with Crippen LogP contribution in [-0.2, 0) is 6.54 Å². The summed E-state index contributed by atoms with van der Waals surface area (Å²) < 4.78 is 0. The highest BCUT2D eigenvalue weighted by Crippen LogP contribution is 2.13. The van der Waals surface area contributed by atoms with Gasteiger partial charge >= 0.3 is 0 Å². The minimum absolute atomic E-state index is 0.0823. The summed E-state index contributed by atoms with van der Waals surface area (Å²) in [5.41, 5.74) is 2.48. The fraction of sp³-hybridized carbons (Fsp3) is 0.0769. The third-order valence-corrected chi connectivity index (χ3v) is 2.74. The Kier molecular flexibility index (Phi) is 2.57. The molecule has 0 spiro atoms. The molecule has 2 heterocycles. The number of hydrogen-bond donors (Lipinski definition) is 3. The molecule has 5 nitrogen and oxygen atoms in total. The van der Waals surface area contributed by atoms with E-state index >= 15 is 0 Å². The molecule has 0 saturated heterocycles. The summed E-state index contributed by atoms with van der Waals surface area (Å²) >= 11 is 0. The molecule has 0 radical (unpaired) electrons. The zero-order valence-electron chi connectivity index (χ0n) is 9.60. The average molecular weight is 240 g/mol. The molecule has 3 aromatic rings. The number of nitrogens with zero attached hydrogens (tertiary/aromatic N) is 1. The zero-order valence-corrected chi connectivity index (χ0v) is 9.60. The molecule has 3 rings (SSSR count). The van der Waals surface area contributed by atoms with Gasteiger partial charge in [0.1, 0.15) is 0 Å². The lowest BCUT2D eigenvalue weighted by Gasteiger charge is -2.01. The zero-order chi connectivity index (χ0) is 12.4. The minimum atomic E-state index is -0.0823. The van der Waals surface area contributed by atoms with Crippen LogP contribution in [0.3, 0.4) is 0 Å². The monoisotopic (exact) mass is 240 g/mol. The standard InChI is InChI=1S/C13H12N4O/c18-12-9(4-3-7-14-12)8-15-13-16-10-5-1-2-6-11(10)17-13/h1-7H,8H2,(H,14,18)(H2,15,16,17). The van der Waals surface area contributed by atoms with Crippen molar-refractivity contribution in [3.8, 4) is 0 Å². The summed E-state index contributed by atoms with van der Waals surface area (Å²) in [5, 5.41) is 3.10. The molecular formula is C13H12N4O. The second-order valence-corrected chi connectivity index (χ2v) is 3.98. The van der Waals surface area contributed by atoms with E-state index in [0.29, 0.717) is 18.1 Å². The van der Waals surface area contributed by atoms with Crippen LogP contribution < -0.4 is 10.9 Å². The van der Waals surface area contributed by atoms with Gasteiger partial charge in [0.25, 0.3) is 5.56 Å². The Bertz CT molecular complexity index is 696. The van der Waals surface area contributed by atoms with Gasteiger partial charge in [0.2, 0.25) is 5.95 Å². The summed E-state index contributed by atoms with van der Waals surface area (Å²) in [6, 6.07) is 11.4. The average Bonchev–Trinajstić information content (AvgIpc) is 2.80. The van der Waals surface area contributed by atoms with Gasteiger partial charge in [-0.1, -0.05) is 18.2 Å². The lowest BCUT2D eigenvalue weighted by atomic mass is 10.3. The number of para-hydroxylation sites is 2. The molecule has 0 saturated carbocycles. The first-order chi connectivity index (χ1) is 8.83. The molecule has 0 aliphatic carbocycles. The Morgan fingerprint density at radius 1 is 1.17 bits per heavy atom. The fourth-order valence-electron chi connectivity index (χ4n) is 1.81. The number of hydrogen-bond acceptors (Lipinski definition) is 3. The van der Waals surface area contributed by atoms with Gasteiger partial charge in [-0.2, -0.15) is 0 Å². The molecule has 5 heteroatoms. The number of aromatic amines is 2. The smallest absolute Gasteiger partial charge is 0.252 e. The summed E-state index contributed by atoms with van der Waals surface area (Å²) in [7, 11) is 0. The number of nitrogens with one attached hydrogen (secondary N) is 3. The van der Waals surface area contributed by atoms with E-state index in [4.69, 9.17) is 0 Å². The van der Waals surface area contributed by atoms with Crippen LogP contribution in [0.15, 0.2) is 47.4 Å². The van der Waals surface area contributed by atoms with E-state index < -0.39 is 0 Å². The predicted molar refractivity (Wildman–Crippen MR) is 70.5 cm³/mol. The predicted octanol–water partition coefficient (Wildman–Crippen LogP) is 1.86. The van der Waals surface area contributed by atoms with E-state index in [1.54, 1.807) is 18.3 Å². The van der Waals surface area contributed by atoms with E-state index in [1.165, 1.54) is 0 Å². The minimum Gasteiger partial charge on any atom is -0.352 e. The van der Waals surface area contributed by atoms with Crippen molar-refractivity contribution in [1.82, 2.24) is 15.0 Å². The van der Waals surface area contributed by atoms with Gasteiger partial charge < -0.3 is 15.3 Å². The molecule has 0 amide bonds. The van der Waals surface area contributed by atoms with E-state index in [0.717, 1.165) is 11.0 Å². The maximum Gasteiger partial charge on any atom is 0.252 e. The summed E-state index contributed by atoms with van der Waals surface area (Å²) in [5.74, 6) is 0.666. The molecule has 0 aliphatic heterocycles. The van der Waals surface area contributed by atoms with Crippen LogP contribution in [0.2, 0.25) is 0 Å². The Morgan fingerprint density at radius 2 is 2.06 bits per heavy atom. The number of anilines is 1. The van der Waals surface area contributed by atoms with Crippen LogP contribution in [0.25, 0.3) is 11.0 Å². The van der Waals surface area contributed by atoms with E-state index in [9.17, 15) is 4.79 Å². The van der Waals surface area contributed by atoms with Crippen molar-refractivity contribution in [2.45, 2.75) is 6.54 Å².